The predicted octanol–water partition coefficient (Wildman–Crippen LogP) is 3.52. The fourth-order valence-electron chi connectivity index (χ4n) is 12.7. The first-order valence-corrected chi connectivity index (χ1v) is 37.3. The van der Waals surface area contributed by atoms with Crippen molar-refractivity contribution in [1.29, 1.82) is 0 Å². The molecule has 24 nitrogen and oxygen atoms in total. The number of aryl methyl sites for hydroxylation is 1. The topological polar surface area (TPSA) is 324 Å². The third-order valence-corrected chi connectivity index (χ3v) is 19.3. The van der Waals surface area contributed by atoms with Crippen LogP contribution in [0.1, 0.15) is 84.3 Å². The number of aliphatic hydroxyl groups excluding tert-OH is 8. The Morgan fingerprint density at radius 1 is 0.270 bits per heavy atom. The first-order chi connectivity index (χ1) is 55.0. The molecule has 4 aliphatic rings. The second-order valence-electron chi connectivity index (χ2n) is 28.5. The number of hydrogen-bond acceptors (Lipinski definition) is 16. The van der Waals surface area contributed by atoms with Gasteiger partial charge in [-0.3, -0.25) is 38.4 Å². The Morgan fingerprint density at radius 2 is 0.565 bits per heavy atom. The number of carbonyl (C=O) groups is 8. The molecule has 24 heteroatoms. The summed E-state index contributed by atoms with van der Waals surface area (Å²) >= 11 is 0. The van der Waals surface area contributed by atoms with Gasteiger partial charge >= 0.3 is 0 Å². The van der Waals surface area contributed by atoms with E-state index in [9.17, 15) is 79.2 Å². The third kappa shape index (κ3) is 23.1. The number of hydrogen-bond donors (Lipinski definition) is 8. The summed E-state index contributed by atoms with van der Waals surface area (Å²) in [5.74, 6) is 19.4. The van der Waals surface area contributed by atoms with Crippen LogP contribution in [0.15, 0.2) is 194 Å². The van der Waals surface area contributed by atoms with Gasteiger partial charge in [0.1, 0.15) is 0 Å². The number of likely N-dealkylation sites (N-methyl/N-ethyl adjacent to an activating group) is 4. The number of nitrogens with zero attached hydrogens (tertiary/aromatic N) is 8. The summed E-state index contributed by atoms with van der Waals surface area (Å²) in [6, 6.07) is 61.6. The van der Waals surface area contributed by atoms with E-state index in [1.165, 1.54) is 76.0 Å². The molecule has 12 rings (SSSR count). The number of amides is 8. The molecular weight excluding hydrogens is 1460 g/mol. The van der Waals surface area contributed by atoms with E-state index in [1.807, 2.05) is 182 Å². The first-order valence-electron chi connectivity index (χ1n) is 37.3. The van der Waals surface area contributed by atoms with Gasteiger partial charge in [-0.05, 0) is 169 Å². The van der Waals surface area contributed by atoms with Crippen molar-refractivity contribution in [3.8, 4) is 47.4 Å². The average molecular weight is 1560 g/mol. The smallest absolute Gasteiger partial charge is 0.259 e. The summed E-state index contributed by atoms with van der Waals surface area (Å²) in [5.41, 5.74) is 14.4. The highest BCUT2D eigenvalue weighted by Crippen LogP contribution is 2.32. The SMILES string of the molecule is CN(C)C(=O)[C@H](O)[C@@H](O)C(=O)N1CCCc2cc(C#Cc3ccccc3)ccc21.CN(C)C(=O)[C@H](O)[C@@H](O)C(=O)N1CCc2cc(C#Cc3ccccc3)ccc2C1.CN(C)C(=O)[C@H](O)[C@@H](O)C(=O)N1CCc2ccc(C#Cc3ccccc3)cc21.CN(C)C(=O)[C@H](O)[C@@H](O)C(=O)N1CCc2ccc(C#Cc3ccccc3)cc2C1. The number of fused-ring (bicyclic) bond motifs is 4. The molecule has 8 aromatic carbocycles. The van der Waals surface area contributed by atoms with Gasteiger partial charge in [0.05, 0.1) is 0 Å². The van der Waals surface area contributed by atoms with Gasteiger partial charge in [-0.25, -0.2) is 0 Å². The summed E-state index contributed by atoms with van der Waals surface area (Å²) in [6.07, 6.45) is -10.9. The van der Waals surface area contributed by atoms with Gasteiger partial charge < -0.3 is 80.1 Å². The Labute approximate surface area is 669 Å². The zero-order valence-electron chi connectivity index (χ0n) is 65.3. The second kappa shape index (κ2) is 40.8. The quantitative estimate of drug-likeness (QED) is 0.0812. The highest BCUT2D eigenvalue weighted by molar-refractivity contribution is 6.02. The van der Waals surface area contributed by atoms with Crippen molar-refractivity contribution in [2.75, 3.05) is 92.4 Å². The summed E-state index contributed by atoms with van der Waals surface area (Å²) in [4.78, 5) is 108. The predicted molar refractivity (Wildman–Crippen MR) is 433 cm³/mol. The van der Waals surface area contributed by atoms with E-state index in [0.29, 0.717) is 69.9 Å². The van der Waals surface area contributed by atoms with Gasteiger partial charge in [0, 0.05) is 152 Å². The third-order valence-electron chi connectivity index (χ3n) is 19.3. The maximum atomic E-state index is 12.7. The summed E-state index contributed by atoms with van der Waals surface area (Å²) in [6.45, 7) is 2.24. The van der Waals surface area contributed by atoms with Crippen molar-refractivity contribution >= 4 is 58.6 Å². The van der Waals surface area contributed by atoms with Crippen LogP contribution < -0.4 is 9.80 Å². The van der Waals surface area contributed by atoms with E-state index in [-0.39, 0.29) is 0 Å². The number of rotatable bonds is 12. The molecule has 0 spiro atoms. The highest BCUT2D eigenvalue weighted by Gasteiger charge is 2.40. The van der Waals surface area contributed by atoms with Gasteiger partial charge in [0.15, 0.2) is 48.8 Å². The maximum Gasteiger partial charge on any atom is 0.259 e. The Hall–Kier alpha value is -12.6. The van der Waals surface area contributed by atoms with Crippen LogP contribution in [0, 0.1) is 47.4 Å². The second-order valence-corrected chi connectivity index (χ2v) is 28.5. The van der Waals surface area contributed by atoms with Crippen molar-refractivity contribution in [1.82, 2.24) is 29.4 Å². The standard InChI is InChI=1S/3C23H24N2O4.C22H22N2O4/c1-24(2)22(28)20(26)21(27)23(29)25-14-6-9-18-15-17(12-13-19(18)25)11-10-16-7-4-3-5-8-16;1-24(2)22(28)20(26)21(27)23(29)25-13-12-18-14-17(10-11-19(18)15-25)9-8-16-6-4-3-5-7-16;1-24(2)22(28)20(26)21(27)23(29)25-13-12-18-11-10-17(14-19(18)15-25)9-8-16-6-4-3-5-7-16;1-23(2)21(27)19(25)20(26)22(28)24-13-12-17-11-10-16(14-18(17)24)9-8-15-6-4-3-5-7-15/h3-5,7-8,12-13,15,20-21,26-27H,6,9,14H2,1-2H3;2*3-7,10-11,14,20-21,26-27H,12-13,15H2,1-2H3;3-7,10-11,14,19-20,25-26H,12-13H2,1-2H3/t3*20-,21-;19-,20-/m1111/s1. The fourth-order valence-corrected chi connectivity index (χ4v) is 12.7. The van der Waals surface area contributed by atoms with E-state index in [0.717, 1.165) is 110 Å². The molecule has 4 aliphatic heterocycles. The summed E-state index contributed by atoms with van der Waals surface area (Å²) in [5, 5.41) is 80.6. The van der Waals surface area contributed by atoms with Crippen LogP contribution in [0.2, 0.25) is 0 Å². The Morgan fingerprint density at radius 3 is 0.957 bits per heavy atom. The molecule has 115 heavy (non-hydrogen) atoms. The minimum Gasteiger partial charge on any atom is -0.380 e. The minimum atomic E-state index is -1.82. The normalized spacial score (nSPS) is 14.7. The zero-order valence-corrected chi connectivity index (χ0v) is 65.3. The average Bonchev–Trinajstić information content (AvgIpc) is 1.79. The van der Waals surface area contributed by atoms with Crippen LogP contribution in [-0.4, -0.2) is 249 Å². The minimum absolute atomic E-state index is 0.301. The van der Waals surface area contributed by atoms with Gasteiger partial charge in [0.25, 0.3) is 47.3 Å². The maximum absolute atomic E-state index is 12.7. The lowest BCUT2D eigenvalue weighted by atomic mass is 9.96. The van der Waals surface area contributed by atoms with Crippen LogP contribution in [0.4, 0.5) is 11.4 Å². The molecule has 8 aromatic rings. The monoisotopic (exact) mass is 1550 g/mol. The molecule has 0 aromatic heterocycles. The molecular formula is C91H94N8O16. The van der Waals surface area contributed by atoms with Crippen molar-refractivity contribution in [2.24, 2.45) is 0 Å². The number of aliphatic hydroxyl groups is 8. The Balaban J connectivity index is 0.000000175. The van der Waals surface area contributed by atoms with Crippen LogP contribution in [0.25, 0.3) is 0 Å². The molecule has 0 fully saturated rings. The van der Waals surface area contributed by atoms with Crippen molar-refractivity contribution in [3.63, 3.8) is 0 Å². The molecule has 0 saturated heterocycles. The fraction of sp³-hybridized carbons (Fsp3) is 0.297. The number of benzene rings is 8. The van der Waals surface area contributed by atoms with Gasteiger partial charge in [-0.15, -0.1) is 0 Å². The van der Waals surface area contributed by atoms with Gasteiger partial charge in [0.2, 0.25) is 0 Å². The van der Waals surface area contributed by atoms with Crippen molar-refractivity contribution < 1.29 is 79.2 Å². The molecule has 8 amide bonds. The first kappa shape index (κ1) is 86.4. The molecule has 4 heterocycles. The largest absolute Gasteiger partial charge is 0.380 e. The Bertz CT molecular complexity index is 5090. The van der Waals surface area contributed by atoms with Gasteiger partial charge in [-0.2, -0.15) is 0 Å². The number of carbonyl (C=O) groups excluding carboxylic acids is 8. The van der Waals surface area contributed by atoms with Crippen molar-refractivity contribution in [2.45, 2.75) is 94.0 Å². The molecule has 8 atom stereocenters. The van der Waals surface area contributed by atoms with Crippen LogP contribution >= 0.6 is 0 Å². The Kier molecular flexibility index (Phi) is 30.6. The molecule has 0 saturated carbocycles. The van der Waals surface area contributed by atoms with Crippen LogP contribution in [-0.2, 0) is 77.1 Å². The molecule has 0 radical (unpaired) electrons. The lowest BCUT2D eigenvalue weighted by Gasteiger charge is -2.32. The van der Waals surface area contributed by atoms with Crippen LogP contribution in [0.5, 0.6) is 0 Å². The van der Waals surface area contributed by atoms with E-state index in [2.05, 4.69) is 47.4 Å². The van der Waals surface area contributed by atoms with Crippen LogP contribution in [0.3, 0.4) is 0 Å². The summed E-state index contributed by atoms with van der Waals surface area (Å²) in [7, 11) is 11.6. The molecule has 0 bridgehead atoms. The van der Waals surface area contributed by atoms with Gasteiger partial charge in [-0.1, -0.05) is 138 Å². The van der Waals surface area contributed by atoms with E-state index >= 15 is 0 Å². The lowest BCUT2D eigenvalue weighted by molar-refractivity contribution is -0.157. The van der Waals surface area contributed by atoms with Crippen molar-refractivity contribution in [3.05, 3.63) is 272 Å². The molecule has 0 aliphatic carbocycles. The molecule has 0 unspecified atom stereocenters. The molecule has 594 valence electrons. The lowest BCUT2D eigenvalue weighted by Crippen LogP contribution is -2.51. The van der Waals surface area contributed by atoms with E-state index in [1.54, 1.807) is 12.1 Å². The molecule has 8 N–H and O–H groups in total. The van der Waals surface area contributed by atoms with E-state index in [4.69, 9.17) is 0 Å². The van der Waals surface area contributed by atoms with E-state index < -0.39 is 96.1 Å². The highest BCUT2D eigenvalue weighted by atomic mass is 16.4. The number of anilines is 2. The summed E-state index contributed by atoms with van der Waals surface area (Å²) < 4.78 is 0. The zero-order chi connectivity index (χ0) is 83.2.